The van der Waals surface area contributed by atoms with Crippen molar-refractivity contribution in [1.82, 2.24) is 13.7 Å². The molecule has 0 saturated carbocycles. The van der Waals surface area contributed by atoms with E-state index in [1.54, 1.807) is 13.8 Å². The van der Waals surface area contributed by atoms with E-state index in [1.807, 2.05) is 0 Å². The van der Waals surface area contributed by atoms with Gasteiger partial charge in [-0.15, -0.1) is 0 Å². The van der Waals surface area contributed by atoms with Crippen molar-refractivity contribution in [3.8, 4) is 0 Å². The third-order valence-electron chi connectivity index (χ3n) is 2.43. The Morgan fingerprint density at radius 1 is 1.24 bits per heavy atom. The zero-order valence-electron chi connectivity index (χ0n) is 12.8. The predicted molar refractivity (Wildman–Crippen MR) is 78.2 cm³/mol. The van der Waals surface area contributed by atoms with Crippen LogP contribution in [0, 0.1) is 0 Å². The number of sulfonamides is 1. The molecule has 0 aliphatic carbocycles. The molecule has 0 heterocycles. The molecule has 0 aliphatic rings. The molecular formula is C10H23N3O6S2. The molecule has 21 heavy (non-hydrogen) atoms. The van der Waals surface area contributed by atoms with Crippen LogP contribution >= 0.6 is 0 Å². The first kappa shape index (κ1) is 20.2. The van der Waals surface area contributed by atoms with Gasteiger partial charge >= 0.3 is 5.97 Å². The van der Waals surface area contributed by atoms with Crippen LogP contribution in [0.3, 0.4) is 0 Å². The molecule has 0 aromatic carbocycles. The first-order valence-electron chi connectivity index (χ1n) is 6.06. The quantitative estimate of drug-likeness (QED) is 0.498. The zero-order valence-corrected chi connectivity index (χ0v) is 14.5. The fourth-order valence-corrected chi connectivity index (χ4v) is 3.56. The highest BCUT2D eigenvalue weighted by Gasteiger charge is 2.26. The van der Waals surface area contributed by atoms with Crippen molar-refractivity contribution in [3.63, 3.8) is 0 Å². The van der Waals surface area contributed by atoms with Crippen LogP contribution in [0.5, 0.6) is 0 Å². The summed E-state index contributed by atoms with van der Waals surface area (Å²) in [6.07, 6.45) is 0.921. The van der Waals surface area contributed by atoms with Crippen molar-refractivity contribution >= 4 is 26.2 Å². The van der Waals surface area contributed by atoms with E-state index in [0.717, 1.165) is 10.6 Å². The molecule has 0 rings (SSSR count). The van der Waals surface area contributed by atoms with Gasteiger partial charge in [0.15, 0.2) is 0 Å². The molecule has 9 nitrogen and oxygen atoms in total. The summed E-state index contributed by atoms with van der Waals surface area (Å²) < 4.78 is 56.2. The molecule has 0 aromatic rings. The van der Waals surface area contributed by atoms with Crippen molar-refractivity contribution < 1.29 is 26.4 Å². The third-order valence-corrected chi connectivity index (χ3v) is 4.86. The van der Waals surface area contributed by atoms with Gasteiger partial charge in [-0.2, -0.15) is 12.7 Å². The van der Waals surface area contributed by atoms with Gasteiger partial charge in [0.2, 0.25) is 10.0 Å². The molecule has 0 saturated heterocycles. The lowest BCUT2D eigenvalue weighted by molar-refractivity contribution is -0.140. The van der Waals surface area contributed by atoms with Crippen LogP contribution in [-0.2, 0) is 29.8 Å². The van der Waals surface area contributed by atoms with Crippen molar-refractivity contribution in [2.75, 3.05) is 33.5 Å². The van der Waals surface area contributed by atoms with E-state index >= 15 is 0 Å². The summed E-state index contributed by atoms with van der Waals surface area (Å²) in [6, 6.07) is 0. The van der Waals surface area contributed by atoms with Crippen molar-refractivity contribution in [3.05, 3.63) is 0 Å². The molecule has 0 aliphatic heterocycles. The van der Waals surface area contributed by atoms with Gasteiger partial charge in [-0.25, -0.2) is 17.9 Å². The summed E-state index contributed by atoms with van der Waals surface area (Å²) in [5.74, 6) is -0.517. The van der Waals surface area contributed by atoms with E-state index in [4.69, 9.17) is 0 Å². The number of hydrogen-bond donors (Lipinski definition) is 2. The Morgan fingerprint density at radius 2 is 1.76 bits per heavy atom. The van der Waals surface area contributed by atoms with Crippen molar-refractivity contribution in [2.24, 2.45) is 0 Å². The number of rotatable bonds is 9. The minimum Gasteiger partial charge on any atom is -0.469 e. The van der Waals surface area contributed by atoms with E-state index in [2.05, 4.69) is 14.2 Å². The third kappa shape index (κ3) is 8.98. The van der Waals surface area contributed by atoms with Gasteiger partial charge in [0.05, 0.1) is 19.8 Å². The smallest absolute Gasteiger partial charge is 0.306 e. The van der Waals surface area contributed by atoms with E-state index in [-0.39, 0.29) is 19.5 Å². The largest absolute Gasteiger partial charge is 0.469 e. The molecule has 0 unspecified atom stereocenters. The van der Waals surface area contributed by atoms with Crippen molar-refractivity contribution in [2.45, 2.75) is 25.8 Å². The van der Waals surface area contributed by atoms with E-state index in [0.29, 0.717) is 0 Å². The average Bonchev–Trinajstić information content (AvgIpc) is 2.30. The standard InChI is InChI=1S/C10H23N3O6S2/c1-10(2,12-20(5,15)16)8-11-21(17,18)13(3)7-6-9(14)19-4/h11-12H,6-8H2,1-5H3. The van der Waals surface area contributed by atoms with Gasteiger partial charge in [-0.3, -0.25) is 4.79 Å². The minimum absolute atomic E-state index is 0.0397. The lowest BCUT2D eigenvalue weighted by Gasteiger charge is -2.26. The highest BCUT2D eigenvalue weighted by atomic mass is 32.2. The van der Waals surface area contributed by atoms with Crippen LogP contribution < -0.4 is 9.44 Å². The van der Waals surface area contributed by atoms with Gasteiger partial charge in [0.1, 0.15) is 0 Å². The Morgan fingerprint density at radius 3 is 2.19 bits per heavy atom. The molecule has 0 radical (unpaired) electrons. The Kier molecular flexibility index (Phi) is 7.23. The molecule has 11 heteroatoms. The van der Waals surface area contributed by atoms with Crippen LogP contribution in [0.2, 0.25) is 0 Å². The number of carbonyl (C=O) groups is 1. The zero-order chi connectivity index (χ0) is 16.9. The SMILES string of the molecule is COC(=O)CCN(C)S(=O)(=O)NCC(C)(C)NS(C)(=O)=O. The van der Waals surface area contributed by atoms with Crippen LogP contribution in [0.25, 0.3) is 0 Å². The molecule has 126 valence electrons. The van der Waals surface area contributed by atoms with Crippen molar-refractivity contribution in [1.29, 1.82) is 0 Å². The first-order valence-corrected chi connectivity index (χ1v) is 9.39. The number of ether oxygens (including phenoxy) is 1. The monoisotopic (exact) mass is 345 g/mol. The molecule has 0 atom stereocenters. The summed E-state index contributed by atoms with van der Waals surface area (Å²) in [7, 11) is -4.74. The number of hydrogen-bond acceptors (Lipinski definition) is 6. The second kappa shape index (κ2) is 7.49. The minimum atomic E-state index is -3.81. The molecular weight excluding hydrogens is 322 g/mol. The molecule has 0 aromatic heterocycles. The number of esters is 1. The second-order valence-corrected chi connectivity index (χ2v) is 8.84. The van der Waals surface area contributed by atoms with Gasteiger partial charge in [0, 0.05) is 25.7 Å². The Bertz CT molecular complexity index is 555. The second-order valence-electron chi connectivity index (χ2n) is 5.23. The molecule has 0 fully saturated rings. The summed E-state index contributed by atoms with van der Waals surface area (Å²) in [5, 5.41) is 0. The number of nitrogens with one attached hydrogen (secondary N) is 2. The summed E-state index contributed by atoms with van der Waals surface area (Å²) in [5.41, 5.74) is -0.982. The maximum Gasteiger partial charge on any atom is 0.306 e. The average molecular weight is 345 g/mol. The molecule has 0 spiro atoms. The fraction of sp³-hybridized carbons (Fsp3) is 0.900. The topological polar surface area (TPSA) is 122 Å². The molecule has 0 amide bonds. The Balaban J connectivity index is 4.57. The number of methoxy groups -OCH3 is 1. The first-order chi connectivity index (χ1) is 9.29. The van der Waals surface area contributed by atoms with E-state index in [1.165, 1.54) is 14.2 Å². The predicted octanol–water partition coefficient (Wildman–Crippen LogP) is -1.36. The lowest BCUT2D eigenvalue weighted by Crippen LogP contribution is -2.53. The summed E-state index contributed by atoms with van der Waals surface area (Å²) in [4.78, 5) is 11.0. The number of carbonyl (C=O) groups excluding carboxylic acids is 1. The summed E-state index contributed by atoms with van der Waals surface area (Å²) >= 11 is 0. The van der Waals surface area contributed by atoms with Gasteiger partial charge < -0.3 is 4.74 Å². The maximum atomic E-state index is 11.9. The van der Waals surface area contributed by atoms with Gasteiger partial charge in [-0.1, -0.05) is 0 Å². The maximum absolute atomic E-state index is 11.9. The van der Waals surface area contributed by atoms with E-state index < -0.39 is 31.7 Å². The van der Waals surface area contributed by atoms with Crippen LogP contribution in [0.15, 0.2) is 0 Å². The van der Waals surface area contributed by atoms with E-state index in [9.17, 15) is 21.6 Å². The van der Waals surface area contributed by atoms with Crippen LogP contribution in [0.4, 0.5) is 0 Å². The Hall–Kier alpha value is -0.750. The van der Waals surface area contributed by atoms with Crippen LogP contribution in [-0.4, -0.2) is 66.2 Å². The highest BCUT2D eigenvalue weighted by molar-refractivity contribution is 7.88. The fourth-order valence-electron chi connectivity index (χ4n) is 1.39. The highest BCUT2D eigenvalue weighted by Crippen LogP contribution is 2.04. The number of nitrogens with zero attached hydrogens (tertiary/aromatic N) is 1. The summed E-state index contributed by atoms with van der Waals surface area (Å²) in [6.45, 7) is 2.92. The molecule has 2 N–H and O–H groups in total. The lowest BCUT2D eigenvalue weighted by atomic mass is 10.1. The van der Waals surface area contributed by atoms with Crippen LogP contribution in [0.1, 0.15) is 20.3 Å². The van der Waals surface area contributed by atoms with Gasteiger partial charge in [0.25, 0.3) is 10.2 Å². The molecule has 0 bridgehead atoms. The normalized spacial score (nSPS) is 13.4. The van der Waals surface area contributed by atoms with Gasteiger partial charge in [-0.05, 0) is 13.8 Å². The Labute approximate surface area is 126 Å².